The Balaban J connectivity index is 1.54. The first-order chi connectivity index (χ1) is 14.8. The molecule has 1 aromatic heterocycles. The molecule has 31 heavy (non-hydrogen) atoms. The van der Waals surface area contributed by atoms with Gasteiger partial charge in [-0.1, -0.05) is 42.1 Å². The first kappa shape index (κ1) is 23.1. The minimum absolute atomic E-state index is 0.0119. The van der Waals surface area contributed by atoms with E-state index in [0.717, 1.165) is 17.3 Å². The van der Waals surface area contributed by atoms with Crippen molar-refractivity contribution in [1.82, 2.24) is 25.0 Å². The van der Waals surface area contributed by atoms with E-state index in [1.54, 1.807) is 6.92 Å². The van der Waals surface area contributed by atoms with E-state index in [2.05, 4.69) is 15.5 Å². The van der Waals surface area contributed by atoms with E-state index in [1.165, 1.54) is 9.47 Å². The maximum Gasteiger partial charge on any atom is 0.344 e. The van der Waals surface area contributed by atoms with Gasteiger partial charge in [0.05, 0.1) is 30.3 Å². The van der Waals surface area contributed by atoms with Crippen molar-refractivity contribution < 1.29 is 18.0 Å². The molecule has 168 valence electrons. The van der Waals surface area contributed by atoms with Gasteiger partial charge >= 0.3 is 5.69 Å². The largest absolute Gasteiger partial charge is 0.351 e. The van der Waals surface area contributed by atoms with Crippen LogP contribution in [0.2, 0.25) is 0 Å². The molecule has 1 saturated heterocycles. The fourth-order valence-electron chi connectivity index (χ4n) is 3.27. The molecule has 2 amide bonds. The number of thioether (sulfide) groups is 1. The Labute approximate surface area is 184 Å². The van der Waals surface area contributed by atoms with Gasteiger partial charge in [-0.25, -0.2) is 18.3 Å². The molecule has 2 N–H and O–H groups in total. The van der Waals surface area contributed by atoms with Gasteiger partial charge in [0.15, 0.2) is 15.0 Å². The predicted octanol–water partition coefficient (Wildman–Crippen LogP) is -0.136. The van der Waals surface area contributed by atoms with Crippen molar-refractivity contribution in [1.29, 1.82) is 0 Å². The van der Waals surface area contributed by atoms with E-state index in [9.17, 15) is 22.8 Å². The van der Waals surface area contributed by atoms with E-state index in [0.29, 0.717) is 24.7 Å². The first-order valence-electron chi connectivity index (χ1n) is 9.87. The Hall–Kier alpha value is -2.60. The molecule has 2 heterocycles. The summed E-state index contributed by atoms with van der Waals surface area (Å²) in [5.41, 5.74) is 0.567. The molecule has 0 bridgehead atoms. The topological polar surface area (TPSA) is 134 Å². The smallest absolute Gasteiger partial charge is 0.344 e. The maximum atomic E-state index is 12.6. The zero-order chi connectivity index (χ0) is 22.4. The third-order valence-corrected chi connectivity index (χ3v) is 7.63. The number of amides is 2. The van der Waals surface area contributed by atoms with Gasteiger partial charge in [0.2, 0.25) is 11.8 Å². The average Bonchev–Trinajstić information content (AvgIpc) is 3.26. The lowest BCUT2D eigenvalue weighted by Crippen LogP contribution is -2.45. The summed E-state index contributed by atoms with van der Waals surface area (Å²) in [6, 6.07) is 9.02. The van der Waals surface area contributed by atoms with Crippen LogP contribution in [-0.2, 0) is 26.0 Å². The quantitative estimate of drug-likeness (QED) is 0.490. The number of carbonyl (C=O) groups excluding carboxylic acids is 2. The van der Waals surface area contributed by atoms with Crippen LogP contribution in [0.5, 0.6) is 0 Å². The molecule has 0 spiro atoms. The molecule has 10 nitrogen and oxygen atoms in total. The Morgan fingerprint density at radius 3 is 2.71 bits per heavy atom. The van der Waals surface area contributed by atoms with Crippen LogP contribution in [0, 0.1) is 0 Å². The molecule has 12 heteroatoms. The van der Waals surface area contributed by atoms with Crippen molar-refractivity contribution in [3.63, 3.8) is 0 Å². The minimum atomic E-state index is -3.09. The van der Waals surface area contributed by atoms with Crippen LogP contribution in [0.1, 0.15) is 18.9 Å². The molecule has 1 aliphatic rings. The fraction of sp³-hybridized carbons (Fsp3) is 0.474. The molecule has 2 aromatic rings. The van der Waals surface area contributed by atoms with Crippen molar-refractivity contribution in [2.75, 3.05) is 30.3 Å². The lowest BCUT2D eigenvalue weighted by molar-refractivity contribution is -0.134. The van der Waals surface area contributed by atoms with Crippen LogP contribution < -0.4 is 11.0 Å². The third-order valence-electron chi connectivity index (χ3n) is 4.90. The molecule has 0 unspecified atom stereocenters. The van der Waals surface area contributed by atoms with Crippen molar-refractivity contribution in [2.45, 2.75) is 31.1 Å². The van der Waals surface area contributed by atoms with Crippen LogP contribution in [-0.4, -0.2) is 76.3 Å². The van der Waals surface area contributed by atoms with Crippen molar-refractivity contribution in [2.24, 2.45) is 0 Å². The SMILES string of the molecule is CCN(CC(=O)N[C@H]1CCS(=O)(=O)C1)C(=O)CSc1n[nH]c(=O)n1Cc1ccccc1. The van der Waals surface area contributed by atoms with Gasteiger partial charge < -0.3 is 10.2 Å². The van der Waals surface area contributed by atoms with Gasteiger partial charge in [-0.2, -0.15) is 0 Å². The second-order valence-electron chi connectivity index (χ2n) is 7.25. The first-order valence-corrected chi connectivity index (χ1v) is 12.7. The number of sulfone groups is 1. The highest BCUT2D eigenvalue weighted by Crippen LogP contribution is 2.16. The Morgan fingerprint density at radius 1 is 1.32 bits per heavy atom. The lowest BCUT2D eigenvalue weighted by atomic mass is 10.2. The number of aromatic nitrogens is 3. The third kappa shape index (κ3) is 6.44. The standard InChI is InChI=1S/C19H25N5O5S2/c1-2-23(11-16(25)20-15-8-9-31(28,29)13-15)17(26)12-30-19-22-21-18(27)24(19)10-14-6-4-3-5-7-14/h3-7,15H,2,8-13H2,1H3,(H,20,25)(H,21,27)/t15-/m0/s1. The highest BCUT2D eigenvalue weighted by molar-refractivity contribution is 7.99. The number of benzene rings is 1. The van der Waals surface area contributed by atoms with Crippen LogP contribution >= 0.6 is 11.8 Å². The summed E-state index contributed by atoms with van der Waals surface area (Å²) in [6.45, 7) is 2.27. The predicted molar refractivity (Wildman–Crippen MR) is 117 cm³/mol. The van der Waals surface area contributed by atoms with Gasteiger partial charge in [0.1, 0.15) is 0 Å². The number of carbonyl (C=O) groups is 2. The molecular weight excluding hydrogens is 442 g/mol. The fourth-order valence-corrected chi connectivity index (χ4v) is 5.79. The van der Waals surface area contributed by atoms with Crippen LogP contribution in [0.4, 0.5) is 0 Å². The summed E-state index contributed by atoms with van der Waals surface area (Å²) >= 11 is 1.12. The molecule has 3 rings (SSSR count). The van der Waals surface area contributed by atoms with Crippen molar-refractivity contribution in [3.8, 4) is 0 Å². The number of aromatic amines is 1. The van der Waals surface area contributed by atoms with E-state index >= 15 is 0 Å². The lowest BCUT2D eigenvalue weighted by Gasteiger charge is -2.21. The molecular formula is C19H25N5O5S2. The number of hydrogen-bond donors (Lipinski definition) is 2. The molecule has 0 aliphatic carbocycles. The van der Waals surface area contributed by atoms with Gasteiger partial charge in [-0.3, -0.25) is 14.2 Å². The van der Waals surface area contributed by atoms with Gasteiger partial charge in [-0.15, -0.1) is 5.10 Å². The molecule has 1 aromatic carbocycles. The summed E-state index contributed by atoms with van der Waals surface area (Å²) in [7, 11) is -3.09. The Kier molecular flexibility index (Phi) is 7.55. The number of H-pyrrole nitrogens is 1. The normalized spacial score (nSPS) is 17.4. The van der Waals surface area contributed by atoms with Gasteiger partial charge in [0.25, 0.3) is 0 Å². The summed E-state index contributed by atoms with van der Waals surface area (Å²) in [4.78, 5) is 38.3. The Morgan fingerprint density at radius 2 is 2.06 bits per heavy atom. The summed E-state index contributed by atoms with van der Waals surface area (Å²) < 4.78 is 24.5. The molecule has 1 aliphatic heterocycles. The number of nitrogens with zero attached hydrogens (tertiary/aromatic N) is 3. The molecule has 1 fully saturated rings. The van der Waals surface area contributed by atoms with E-state index < -0.39 is 15.9 Å². The Bertz CT molecular complexity index is 1080. The molecule has 1 atom stereocenters. The monoisotopic (exact) mass is 467 g/mol. The number of hydrogen-bond acceptors (Lipinski definition) is 7. The average molecular weight is 468 g/mol. The maximum absolute atomic E-state index is 12.6. The zero-order valence-electron chi connectivity index (χ0n) is 17.1. The minimum Gasteiger partial charge on any atom is -0.351 e. The summed E-state index contributed by atoms with van der Waals surface area (Å²) in [5, 5.41) is 9.47. The highest BCUT2D eigenvalue weighted by atomic mass is 32.2. The van der Waals surface area contributed by atoms with Crippen LogP contribution in [0.25, 0.3) is 0 Å². The molecule has 0 saturated carbocycles. The second-order valence-corrected chi connectivity index (χ2v) is 10.4. The summed E-state index contributed by atoms with van der Waals surface area (Å²) in [6.07, 6.45) is 0.391. The van der Waals surface area contributed by atoms with Crippen molar-refractivity contribution >= 4 is 33.4 Å². The van der Waals surface area contributed by atoms with Gasteiger partial charge in [-0.05, 0) is 18.9 Å². The van der Waals surface area contributed by atoms with E-state index in [4.69, 9.17) is 0 Å². The number of rotatable bonds is 9. The summed E-state index contributed by atoms with van der Waals surface area (Å²) in [5.74, 6) is -0.643. The van der Waals surface area contributed by atoms with Gasteiger partial charge in [0, 0.05) is 12.6 Å². The number of nitrogens with one attached hydrogen (secondary N) is 2. The zero-order valence-corrected chi connectivity index (χ0v) is 18.7. The highest BCUT2D eigenvalue weighted by Gasteiger charge is 2.29. The molecule has 0 radical (unpaired) electrons. The second kappa shape index (κ2) is 10.1. The van der Waals surface area contributed by atoms with Crippen molar-refractivity contribution in [3.05, 3.63) is 46.4 Å². The number of likely N-dealkylation sites (N-methyl/N-ethyl adjacent to an activating group) is 1. The van der Waals surface area contributed by atoms with E-state index in [-0.39, 0.29) is 41.3 Å². The van der Waals surface area contributed by atoms with E-state index in [1.807, 2.05) is 30.3 Å². The van der Waals surface area contributed by atoms with Crippen LogP contribution in [0.3, 0.4) is 0 Å². The van der Waals surface area contributed by atoms with Crippen LogP contribution in [0.15, 0.2) is 40.3 Å².